The maximum Gasteiger partial charge on any atom is 0.303 e. The number of hydrogen-bond donors (Lipinski definition) is 5. The first-order chi connectivity index (χ1) is 17.0. The van der Waals surface area contributed by atoms with Gasteiger partial charge in [-0.05, 0) is 38.6 Å². The summed E-state index contributed by atoms with van der Waals surface area (Å²) in [7, 11) is 1.54. The van der Waals surface area contributed by atoms with E-state index in [9.17, 15) is 24.0 Å². The van der Waals surface area contributed by atoms with Crippen LogP contribution in [0.5, 0.6) is 5.75 Å². The highest BCUT2D eigenvalue weighted by atomic mass is 16.5. The molecule has 2 aromatic rings. The number of hydrogen-bond acceptors (Lipinski definition) is 6. The quantitative estimate of drug-likeness (QED) is 0.295. The fraction of sp³-hybridized carbons (Fsp3) is 0.400. The van der Waals surface area contributed by atoms with Crippen molar-refractivity contribution in [3.05, 3.63) is 36.4 Å². The number of ether oxygens (including phenoxy) is 1. The second-order valence-corrected chi connectivity index (χ2v) is 8.39. The normalized spacial score (nSPS) is 13.1. The van der Waals surface area contributed by atoms with Gasteiger partial charge >= 0.3 is 5.97 Å². The average molecular weight is 501 g/mol. The number of nitrogens with one attached hydrogen (secondary N) is 4. The molecule has 0 heterocycles. The van der Waals surface area contributed by atoms with Crippen LogP contribution >= 0.6 is 0 Å². The summed E-state index contributed by atoms with van der Waals surface area (Å²) in [6, 6.07) is 8.24. The van der Waals surface area contributed by atoms with E-state index < -0.39 is 47.7 Å². The van der Waals surface area contributed by atoms with Crippen molar-refractivity contribution in [1.82, 2.24) is 16.0 Å². The third-order valence-electron chi connectivity index (χ3n) is 5.38. The van der Waals surface area contributed by atoms with Gasteiger partial charge in [-0.2, -0.15) is 0 Å². The van der Waals surface area contributed by atoms with Crippen LogP contribution in [-0.2, 0) is 24.0 Å². The number of amides is 4. The Morgan fingerprint density at radius 2 is 1.42 bits per heavy atom. The number of rotatable bonds is 12. The monoisotopic (exact) mass is 500 g/mol. The molecule has 36 heavy (non-hydrogen) atoms. The summed E-state index contributed by atoms with van der Waals surface area (Å²) in [5.74, 6) is -2.51. The highest BCUT2D eigenvalue weighted by molar-refractivity contribution is 6.01. The minimum absolute atomic E-state index is 0.0321. The fourth-order valence-electron chi connectivity index (χ4n) is 3.35. The Morgan fingerprint density at radius 3 is 2.03 bits per heavy atom. The third kappa shape index (κ3) is 8.26. The van der Waals surface area contributed by atoms with Crippen molar-refractivity contribution >= 4 is 46.1 Å². The number of carboxylic acid groups (broad SMARTS) is 1. The maximum atomic E-state index is 12.6. The minimum Gasteiger partial charge on any atom is -0.496 e. The van der Waals surface area contributed by atoms with Gasteiger partial charge < -0.3 is 31.1 Å². The summed E-state index contributed by atoms with van der Waals surface area (Å²) in [5, 5.41) is 20.6. The van der Waals surface area contributed by atoms with Crippen molar-refractivity contribution in [2.75, 3.05) is 12.4 Å². The second-order valence-electron chi connectivity index (χ2n) is 8.39. The van der Waals surface area contributed by atoms with Gasteiger partial charge in [-0.1, -0.05) is 24.3 Å². The topological polar surface area (TPSA) is 163 Å². The molecule has 0 fully saturated rings. The van der Waals surface area contributed by atoms with E-state index in [2.05, 4.69) is 21.3 Å². The largest absolute Gasteiger partial charge is 0.496 e. The van der Waals surface area contributed by atoms with E-state index in [0.717, 1.165) is 10.8 Å². The Kier molecular flexibility index (Phi) is 10.2. The maximum absolute atomic E-state index is 12.6. The molecule has 0 aliphatic heterocycles. The number of carboxylic acids is 1. The lowest BCUT2D eigenvalue weighted by molar-refractivity contribution is -0.137. The zero-order chi connectivity index (χ0) is 26.8. The second kappa shape index (κ2) is 13.1. The first kappa shape index (κ1) is 28.1. The Balaban J connectivity index is 1.87. The van der Waals surface area contributed by atoms with Gasteiger partial charge in [-0.25, -0.2) is 0 Å². The van der Waals surface area contributed by atoms with Crippen LogP contribution in [-0.4, -0.2) is 59.9 Å². The number of benzene rings is 2. The predicted molar refractivity (Wildman–Crippen MR) is 133 cm³/mol. The van der Waals surface area contributed by atoms with Crippen LogP contribution in [0.3, 0.4) is 0 Å². The number of anilines is 1. The summed E-state index contributed by atoms with van der Waals surface area (Å²) < 4.78 is 5.40. The van der Waals surface area contributed by atoms with Crippen molar-refractivity contribution in [1.29, 1.82) is 0 Å². The molecule has 0 aliphatic rings. The lowest BCUT2D eigenvalue weighted by atomic mass is 10.1. The molecule has 2 aromatic carbocycles. The molecule has 0 unspecified atom stereocenters. The number of carbonyl (C=O) groups is 5. The minimum atomic E-state index is -1.01. The van der Waals surface area contributed by atoms with Crippen LogP contribution in [0.25, 0.3) is 10.8 Å². The van der Waals surface area contributed by atoms with Crippen molar-refractivity contribution in [2.45, 2.75) is 58.2 Å². The van der Waals surface area contributed by atoms with Crippen molar-refractivity contribution in [2.24, 2.45) is 0 Å². The molecule has 11 nitrogen and oxygen atoms in total. The first-order valence-corrected chi connectivity index (χ1v) is 11.5. The standard InChI is InChI=1S/C25H32N4O7/c1-14(26-21(30)10-7-11-22(31)32)23(33)27-15(2)24(34)28-16(3)25(35)29-18-12-17-8-5-6-9-19(17)20(13-18)36-4/h5-6,8-9,12-16H,7,10-11H2,1-4H3,(H,26,30)(H,27,33)(H,28,34)(H,29,35)(H,31,32)/t14-,15-,16-/m0/s1. The van der Waals surface area contributed by atoms with Crippen molar-refractivity contribution < 1.29 is 33.8 Å². The first-order valence-electron chi connectivity index (χ1n) is 11.5. The summed E-state index contributed by atoms with van der Waals surface area (Å²) in [4.78, 5) is 59.8. The highest BCUT2D eigenvalue weighted by Gasteiger charge is 2.24. The van der Waals surface area contributed by atoms with Gasteiger partial charge in [0.1, 0.15) is 23.9 Å². The summed E-state index contributed by atoms with van der Waals surface area (Å²) in [6.45, 7) is 4.41. The Morgan fingerprint density at radius 1 is 0.833 bits per heavy atom. The Hall–Kier alpha value is -4.15. The molecule has 0 aromatic heterocycles. The molecule has 0 bridgehead atoms. The zero-order valence-electron chi connectivity index (χ0n) is 20.7. The predicted octanol–water partition coefficient (Wildman–Crippen LogP) is 1.56. The molecule has 3 atom stereocenters. The third-order valence-corrected chi connectivity index (χ3v) is 5.38. The Bertz CT molecular complexity index is 1130. The fourth-order valence-corrected chi connectivity index (χ4v) is 3.35. The van der Waals surface area contributed by atoms with E-state index in [1.807, 2.05) is 24.3 Å². The van der Waals surface area contributed by atoms with E-state index in [1.54, 1.807) is 12.1 Å². The van der Waals surface area contributed by atoms with E-state index in [1.165, 1.54) is 27.9 Å². The summed E-state index contributed by atoms with van der Waals surface area (Å²) >= 11 is 0. The van der Waals surface area contributed by atoms with Crippen molar-refractivity contribution in [3.8, 4) is 5.75 Å². The molecule has 11 heteroatoms. The summed E-state index contributed by atoms with van der Waals surface area (Å²) in [6.07, 6.45) is -0.0265. The van der Waals surface area contributed by atoms with Crippen molar-refractivity contribution in [3.63, 3.8) is 0 Å². The van der Waals surface area contributed by atoms with Gasteiger partial charge in [-0.15, -0.1) is 0 Å². The van der Waals surface area contributed by atoms with Gasteiger partial charge in [0.05, 0.1) is 7.11 Å². The molecule has 2 rings (SSSR count). The lowest BCUT2D eigenvalue weighted by Crippen LogP contribution is -2.54. The Labute approximate surface area is 209 Å². The molecule has 0 saturated heterocycles. The van der Waals surface area contributed by atoms with Crippen LogP contribution in [0.15, 0.2) is 36.4 Å². The molecule has 194 valence electrons. The number of carbonyl (C=O) groups excluding carboxylic acids is 4. The summed E-state index contributed by atoms with van der Waals surface area (Å²) in [5.41, 5.74) is 0.505. The van der Waals surface area contributed by atoms with E-state index in [-0.39, 0.29) is 19.3 Å². The van der Waals surface area contributed by atoms with Gasteiger partial charge in [0.2, 0.25) is 23.6 Å². The molecular formula is C25H32N4O7. The van der Waals surface area contributed by atoms with Gasteiger partial charge in [0.25, 0.3) is 0 Å². The van der Waals surface area contributed by atoms with Gasteiger partial charge in [-0.3, -0.25) is 24.0 Å². The molecule has 0 aliphatic carbocycles. The lowest BCUT2D eigenvalue weighted by Gasteiger charge is -2.20. The molecule has 4 amide bonds. The van der Waals surface area contributed by atoms with E-state index >= 15 is 0 Å². The SMILES string of the molecule is COc1cc(NC(=O)[C@H](C)NC(=O)[C@H](C)NC(=O)[C@H](C)NC(=O)CCCC(=O)O)cc2ccccc12. The molecular weight excluding hydrogens is 468 g/mol. The molecule has 0 radical (unpaired) electrons. The van der Waals surface area contributed by atoms with Crippen LogP contribution in [0.1, 0.15) is 40.0 Å². The van der Waals surface area contributed by atoms with Crippen LogP contribution < -0.4 is 26.0 Å². The van der Waals surface area contributed by atoms with Crippen LogP contribution in [0.2, 0.25) is 0 Å². The zero-order valence-corrected chi connectivity index (χ0v) is 20.7. The van der Waals surface area contributed by atoms with Crippen LogP contribution in [0.4, 0.5) is 5.69 Å². The highest BCUT2D eigenvalue weighted by Crippen LogP contribution is 2.29. The number of methoxy groups -OCH3 is 1. The van der Waals surface area contributed by atoms with Gasteiger partial charge in [0.15, 0.2) is 0 Å². The molecule has 0 spiro atoms. The number of fused-ring (bicyclic) bond motifs is 1. The van der Waals surface area contributed by atoms with Gasteiger partial charge in [0, 0.05) is 30.0 Å². The van der Waals surface area contributed by atoms with E-state index in [4.69, 9.17) is 9.84 Å². The number of aliphatic carboxylic acids is 1. The average Bonchev–Trinajstić information content (AvgIpc) is 2.82. The molecule has 5 N–H and O–H groups in total. The smallest absolute Gasteiger partial charge is 0.303 e. The molecule has 0 saturated carbocycles. The van der Waals surface area contributed by atoms with Crippen LogP contribution in [0, 0.1) is 0 Å². The van der Waals surface area contributed by atoms with E-state index in [0.29, 0.717) is 11.4 Å².